The Morgan fingerprint density at radius 3 is 2.11 bits per heavy atom. The first-order valence-corrected chi connectivity index (χ1v) is 13.6. The Bertz CT molecular complexity index is 1470. The lowest BCUT2D eigenvalue weighted by Crippen LogP contribution is -2.49. The van der Waals surface area contributed by atoms with Gasteiger partial charge < -0.3 is 35.1 Å². The maximum Gasteiger partial charge on any atom is 0.306 e. The summed E-state index contributed by atoms with van der Waals surface area (Å²) in [7, 11) is 1.95. The number of aldehydes is 1. The Kier molecular flexibility index (Phi) is 15.4. The molecule has 0 spiro atoms. The Morgan fingerprint density at radius 1 is 1.00 bits per heavy atom. The van der Waals surface area contributed by atoms with Gasteiger partial charge in [0.1, 0.15) is 12.4 Å². The predicted octanol–water partition coefficient (Wildman–Crippen LogP) is 2.65. The van der Waals surface area contributed by atoms with E-state index in [0.29, 0.717) is 37.1 Å². The van der Waals surface area contributed by atoms with Gasteiger partial charge in [-0.15, -0.1) is 25.7 Å². The third-order valence-electron chi connectivity index (χ3n) is 6.22. The molecule has 1 aliphatic rings. The number of aromatic nitrogens is 1. The molecule has 238 valence electrons. The van der Waals surface area contributed by atoms with Crippen LogP contribution in [0.4, 0.5) is 5.69 Å². The van der Waals surface area contributed by atoms with Crippen LogP contribution in [0.25, 0.3) is 10.9 Å². The summed E-state index contributed by atoms with van der Waals surface area (Å²) in [4.78, 5) is 66.0. The Balaban J connectivity index is 0.000000715. The van der Waals surface area contributed by atoms with Crippen molar-refractivity contribution in [3.63, 3.8) is 0 Å². The number of hydrogen-bond donors (Lipinski definition) is 4. The van der Waals surface area contributed by atoms with Gasteiger partial charge in [0, 0.05) is 43.3 Å². The minimum atomic E-state index is -1.72. The van der Waals surface area contributed by atoms with E-state index in [4.69, 9.17) is 9.84 Å². The van der Waals surface area contributed by atoms with Crippen molar-refractivity contribution in [3.8, 4) is 25.7 Å². The quantitative estimate of drug-likeness (QED) is 0.0926. The van der Waals surface area contributed by atoms with E-state index >= 15 is 0 Å². The zero-order valence-electron chi connectivity index (χ0n) is 25.4. The number of aromatic amines is 1. The topological polar surface area (TPSA) is 169 Å². The molecule has 0 bridgehead atoms. The molecule has 0 unspecified atom stereocenters. The number of aliphatic hydroxyl groups is 1. The van der Waals surface area contributed by atoms with E-state index in [0.717, 1.165) is 11.8 Å². The van der Waals surface area contributed by atoms with Crippen LogP contribution in [-0.2, 0) is 19.1 Å². The molecule has 1 saturated heterocycles. The van der Waals surface area contributed by atoms with Crippen LogP contribution in [0.3, 0.4) is 0 Å². The zero-order chi connectivity index (χ0) is 34.2. The highest BCUT2D eigenvalue weighted by Crippen LogP contribution is 2.27. The molecular formula is C33H38N4O8. The number of amides is 2. The first kappa shape index (κ1) is 37.8. The summed E-state index contributed by atoms with van der Waals surface area (Å²) in [6.07, 6.45) is 16.1. The van der Waals surface area contributed by atoms with Crippen molar-refractivity contribution < 1.29 is 38.9 Å². The molecule has 0 aliphatic carbocycles. The molecule has 1 fully saturated rings. The number of para-hydroxylation sites is 1. The van der Waals surface area contributed by atoms with Crippen LogP contribution in [0.2, 0.25) is 0 Å². The van der Waals surface area contributed by atoms with Gasteiger partial charge in [-0.25, -0.2) is 0 Å². The van der Waals surface area contributed by atoms with Crippen molar-refractivity contribution in [2.75, 3.05) is 38.5 Å². The summed E-state index contributed by atoms with van der Waals surface area (Å²) < 4.78 is 5.19. The maximum absolute atomic E-state index is 12.9. The first-order chi connectivity index (χ1) is 21.4. The fourth-order valence-electron chi connectivity index (χ4n) is 4.15. The first-order valence-electron chi connectivity index (χ1n) is 13.6. The highest BCUT2D eigenvalue weighted by molar-refractivity contribution is 6.45. The molecule has 1 aromatic heterocycles. The zero-order valence-corrected chi connectivity index (χ0v) is 25.4. The molecule has 45 heavy (non-hydrogen) atoms. The third-order valence-corrected chi connectivity index (χ3v) is 6.22. The molecule has 1 aliphatic heterocycles. The molecule has 4 rings (SSSR count). The van der Waals surface area contributed by atoms with E-state index in [2.05, 4.69) is 40.9 Å². The number of nitrogens with zero attached hydrogens (tertiary/aromatic N) is 2. The van der Waals surface area contributed by atoms with Crippen molar-refractivity contribution in [2.24, 2.45) is 0 Å². The number of hydrogen-bond acceptors (Lipinski definition) is 8. The number of nitrogens with one attached hydrogen (secondary N) is 2. The smallest absolute Gasteiger partial charge is 0.306 e. The van der Waals surface area contributed by atoms with Crippen LogP contribution in [0.15, 0.2) is 54.7 Å². The number of carbonyl (C=O) groups is 5. The second-order valence-corrected chi connectivity index (χ2v) is 10.0. The highest BCUT2D eigenvalue weighted by Gasteiger charge is 2.30. The van der Waals surface area contributed by atoms with E-state index in [1.54, 1.807) is 30.3 Å². The van der Waals surface area contributed by atoms with E-state index in [1.807, 2.05) is 25.2 Å². The molecule has 12 heteroatoms. The van der Waals surface area contributed by atoms with Crippen molar-refractivity contribution in [1.82, 2.24) is 14.8 Å². The largest absolute Gasteiger partial charge is 0.481 e. The second-order valence-electron chi connectivity index (χ2n) is 10.0. The fourth-order valence-corrected chi connectivity index (χ4v) is 4.15. The Hall–Kier alpha value is -5.27. The van der Waals surface area contributed by atoms with Gasteiger partial charge in [0.15, 0.2) is 5.79 Å². The number of anilines is 1. The molecular weight excluding hydrogens is 580 g/mol. The molecule has 0 radical (unpaired) electrons. The minimum absolute atomic E-state index is 0.180. The van der Waals surface area contributed by atoms with Crippen LogP contribution in [-0.4, -0.2) is 100.0 Å². The minimum Gasteiger partial charge on any atom is -0.481 e. The van der Waals surface area contributed by atoms with Gasteiger partial charge in [-0.05, 0) is 27.0 Å². The summed E-state index contributed by atoms with van der Waals surface area (Å²) in [6.45, 7) is 4.89. The van der Waals surface area contributed by atoms with Crippen molar-refractivity contribution >= 4 is 46.4 Å². The molecule has 2 heterocycles. The number of carboxylic acids is 1. The van der Waals surface area contributed by atoms with E-state index in [9.17, 15) is 29.1 Å². The molecule has 4 N–H and O–H groups in total. The van der Waals surface area contributed by atoms with Crippen LogP contribution in [0, 0.1) is 25.7 Å². The Labute approximate surface area is 262 Å². The Morgan fingerprint density at radius 2 is 1.60 bits per heavy atom. The predicted molar refractivity (Wildman–Crippen MR) is 170 cm³/mol. The summed E-state index contributed by atoms with van der Waals surface area (Å²) in [5.74, 6) is -5.00. The number of H-pyrrole nitrogens is 1. The SMILES string of the molecule is C#C.C#C.CN1CCN(C(=O)C(=O)c2c[nH]c3c(NC(=O)[C@@H](CC(=O)O)OC(C)(C)O)cccc23)CC1.O=Cc1ccccc1. The number of Topliss-reactive ketones (excluding diaryl/α,β-unsaturated/α-hetero) is 1. The monoisotopic (exact) mass is 618 g/mol. The molecule has 1 atom stereocenters. The number of rotatable bonds is 9. The molecule has 12 nitrogen and oxygen atoms in total. The third kappa shape index (κ3) is 11.7. The summed E-state index contributed by atoms with van der Waals surface area (Å²) in [5, 5.41) is 22.0. The lowest BCUT2D eigenvalue weighted by molar-refractivity contribution is -0.207. The van der Waals surface area contributed by atoms with Gasteiger partial charge in [0.05, 0.1) is 23.2 Å². The van der Waals surface area contributed by atoms with Crippen LogP contribution < -0.4 is 5.32 Å². The number of carboxylic acid groups (broad SMARTS) is 1. The van der Waals surface area contributed by atoms with Gasteiger partial charge in [-0.3, -0.25) is 24.0 Å². The standard InChI is InChI=1S/C22H28N4O7.C7H6O.2C2H2/c1-22(2,32)33-16(11-17(27)28)20(30)24-15-6-4-5-13-14(12-23-18(13)15)19(29)21(31)26-9-7-25(3)8-10-26;8-6-7-4-2-1-3-5-7;2*1-2/h4-6,12,16,23,32H,7-11H2,1-3H3,(H,24,30)(H,27,28);1-6H;2*1-2H/t16-;;;/m1.../s1. The number of likely N-dealkylation sites (N-methyl/N-ethyl adjacent to an activating group) is 1. The molecule has 2 aromatic carbocycles. The highest BCUT2D eigenvalue weighted by atomic mass is 16.6. The fraction of sp³-hybridized carbons (Fsp3) is 0.303. The van der Waals surface area contributed by atoms with Gasteiger partial charge in [-0.2, -0.15) is 0 Å². The summed E-state index contributed by atoms with van der Waals surface area (Å²) in [5.41, 5.74) is 1.59. The number of benzene rings is 2. The van der Waals surface area contributed by atoms with Crippen LogP contribution in [0.1, 0.15) is 41.0 Å². The number of aliphatic carboxylic acids is 1. The van der Waals surface area contributed by atoms with Gasteiger partial charge in [0.25, 0.3) is 17.6 Å². The normalized spacial score (nSPS) is 13.3. The number of fused-ring (bicyclic) bond motifs is 1. The number of ether oxygens (including phenoxy) is 1. The molecule has 0 saturated carbocycles. The van der Waals surface area contributed by atoms with E-state index in [1.165, 1.54) is 24.9 Å². The van der Waals surface area contributed by atoms with Gasteiger partial charge in [-0.1, -0.05) is 42.5 Å². The van der Waals surface area contributed by atoms with Gasteiger partial charge in [0.2, 0.25) is 0 Å². The maximum atomic E-state index is 12.9. The van der Waals surface area contributed by atoms with Crippen molar-refractivity contribution in [1.29, 1.82) is 0 Å². The average Bonchev–Trinajstić information content (AvgIpc) is 3.47. The average molecular weight is 619 g/mol. The lowest BCUT2D eigenvalue weighted by Gasteiger charge is -2.31. The molecule has 2 amide bonds. The van der Waals surface area contributed by atoms with Crippen molar-refractivity contribution in [3.05, 3.63) is 65.9 Å². The summed E-state index contributed by atoms with van der Waals surface area (Å²) >= 11 is 0. The van der Waals surface area contributed by atoms with Gasteiger partial charge >= 0.3 is 5.97 Å². The van der Waals surface area contributed by atoms with E-state index < -0.39 is 41.9 Å². The number of carbonyl (C=O) groups excluding carboxylic acids is 4. The van der Waals surface area contributed by atoms with Crippen LogP contribution in [0.5, 0.6) is 0 Å². The van der Waals surface area contributed by atoms with Crippen molar-refractivity contribution in [2.45, 2.75) is 32.2 Å². The summed E-state index contributed by atoms with van der Waals surface area (Å²) in [6, 6.07) is 13.9. The number of ketones is 1. The number of piperazine rings is 1. The second kappa shape index (κ2) is 18.4. The lowest BCUT2D eigenvalue weighted by atomic mass is 10.1. The van der Waals surface area contributed by atoms with Crippen LogP contribution >= 0.6 is 0 Å². The molecule has 3 aromatic rings. The van der Waals surface area contributed by atoms with E-state index in [-0.39, 0.29) is 11.3 Å². The number of terminal acetylenes is 2.